The van der Waals surface area contributed by atoms with Gasteiger partial charge in [0.1, 0.15) is 0 Å². The summed E-state index contributed by atoms with van der Waals surface area (Å²) in [7, 11) is 2.18. The van der Waals surface area contributed by atoms with Crippen LogP contribution in [0.5, 0.6) is 0 Å². The molecule has 0 aromatic carbocycles. The van der Waals surface area contributed by atoms with E-state index in [4.69, 9.17) is 4.98 Å². The molecule has 2 heterocycles. The fourth-order valence-corrected chi connectivity index (χ4v) is 2.99. The first kappa shape index (κ1) is 13.0. The molecule has 0 saturated carbocycles. The van der Waals surface area contributed by atoms with E-state index < -0.39 is 0 Å². The predicted octanol–water partition coefficient (Wildman–Crippen LogP) is 2.23. The molecule has 1 aliphatic heterocycles. The van der Waals surface area contributed by atoms with Crippen molar-refractivity contribution < 1.29 is 0 Å². The molecule has 0 radical (unpaired) electrons. The van der Waals surface area contributed by atoms with Crippen molar-refractivity contribution in [1.29, 1.82) is 0 Å². The van der Waals surface area contributed by atoms with Crippen LogP contribution in [0.3, 0.4) is 0 Å². The van der Waals surface area contributed by atoms with Crippen LogP contribution in [-0.2, 0) is 12.0 Å². The number of rotatable bonds is 3. The van der Waals surface area contributed by atoms with E-state index >= 15 is 0 Å². The number of thiazole rings is 1. The van der Waals surface area contributed by atoms with Gasteiger partial charge in [-0.3, -0.25) is 0 Å². The molecule has 1 unspecified atom stereocenters. The zero-order valence-electron chi connectivity index (χ0n) is 11.3. The Bertz CT molecular complexity index is 367. The molecule has 0 spiro atoms. The first-order valence-electron chi connectivity index (χ1n) is 6.32. The molecule has 0 bridgehead atoms. The Hall–Kier alpha value is -0.450. The van der Waals surface area contributed by atoms with Crippen LogP contribution in [0.15, 0.2) is 5.38 Å². The molecule has 1 saturated heterocycles. The molecule has 1 aromatic heterocycles. The third-order valence-corrected chi connectivity index (χ3v) is 4.47. The maximum absolute atomic E-state index is 4.70. The van der Waals surface area contributed by atoms with Gasteiger partial charge in [0.2, 0.25) is 0 Å². The lowest BCUT2D eigenvalue weighted by molar-refractivity contribution is 0.397. The van der Waals surface area contributed by atoms with Crippen molar-refractivity contribution in [3.8, 4) is 0 Å². The Morgan fingerprint density at radius 3 is 2.82 bits per heavy atom. The molecule has 1 atom stereocenters. The van der Waals surface area contributed by atoms with Crippen molar-refractivity contribution in [1.82, 2.24) is 15.2 Å². The van der Waals surface area contributed by atoms with E-state index in [1.165, 1.54) is 23.7 Å². The Kier molecular flexibility index (Phi) is 3.85. The van der Waals surface area contributed by atoms with Gasteiger partial charge in [-0.15, -0.1) is 11.3 Å². The first-order chi connectivity index (χ1) is 7.95. The summed E-state index contributed by atoms with van der Waals surface area (Å²) in [6.45, 7) is 9.93. The zero-order valence-corrected chi connectivity index (χ0v) is 12.1. The van der Waals surface area contributed by atoms with Gasteiger partial charge in [-0.2, -0.15) is 0 Å². The molecule has 2 rings (SSSR count). The van der Waals surface area contributed by atoms with Crippen molar-refractivity contribution in [2.24, 2.45) is 0 Å². The second kappa shape index (κ2) is 5.04. The molecule has 3 nitrogen and oxygen atoms in total. The number of nitrogens with zero attached hydrogens (tertiary/aromatic N) is 2. The molecule has 0 aliphatic carbocycles. The summed E-state index contributed by atoms with van der Waals surface area (Å²) < 4.78 is 0. The minimum atomic E-state index is 0.177. The molecular formula is C13H23N3S. The highest BCUT2D eigenvalue weighted by atomic mass is 32.1. The Morgan fingerprint density at radius 2 is 2.29 bits per heavy atom. The first-order valence-corrected chi connectivity index (χ1v) is 7.20. The highest BCUT2D eigenvalue weighted by Crippen LogP contribution is 2.25. The zero-order chi connectivity index (χ0) is 12.5. The van der Waals surface area contributed by atoms with Crippen LogP contribution in [0.1, 0.15) is 37.9 Å². The third-order valence-electron chi connectivity index (χ3n) is 3.16. The highest BCUT2D eigenvalue weighted by molar-refractivity contribution is 7.09. The van der Waals surface area contributed by atoms with Crippen LogP contribution < -0.4 is 5.32 Å². The summed E-state index contributed by atoms with van der Waals surface area (Å²) in [6, 6.07) is 0.639. The van der Waals surface area contributed by atoms with Crippen molar-refractivity contribution in [3.05, 3.63) is 16.1 Å². The maximum Gasteiger partial charge on any atom is 0.0982 e. The monoisotopic (exact) mass is 253 g/mol. The van der Waals surface area contributed by atoms with Gasteiger partial charge in [0.15, 0.2) is 0 Å². The lowest BCUT2D eigenvalue weighted by Crippen LogP contribution is -2.31. The summed E-state index contributed by atoms with van der Waals surface area (Å²) >= 11 is 1.78. The normalized spacial score (nSPS) is 22.2. The largest absolute Gasteiger partial charge is 0.307 e. The van der Waals surface area contributed by atoms with Gasteiger partial charge in [0.25, 0.3) is 0 Å². The Labute approximate surface area is 108 Å². The molecule has 17 heavy (non-hydrogen) atoms. The number of hydrogen-bond acceptors (Lipinski definition) is 4. The highest BCUT2D eigenvalue weighted by Gasteiger charge is 2.20. The lowest BCUT2D eigenvalue weighted by atomic mass is 9.98. The smallest absolute Gasteiger partial charge is 0.0982 e. The fraction of sp³-hybridized carbons (Fsp3) is 0.769. The van der Waals surface area contributed by atoms with E-state index in [1.54, 1.807) is 11.3 Å². The van der Waals surface area contributed by atoms with Crippen LogP contribution in [0.25, 0.3) is 0 Å². The molecule has 0 amide bonds. The van der Waals surface area contributed by atoms with Crippen LogP contribution in [0.4, 0.5) is 0 Å². The molecule has 1 aromatic rings. The van der Waals surface area contributed by atoms with E-state index in [0.717, 1.165) is 13.1 Å². The molecule has 96 valence electrons. The molecule has 1 fully saturated rings. The van der Waals surface area contributed by atoms with Gasteiger partial charge >= 0.3 is 0 Å². The number of likely N-dealkylation sites (N-methyl/N-ethyl adjacent to an activating group) is 1. The van der Waals surface area contributed by atoms with Crippen LogP contribution in [0, 0.1) is 0 Å². The van der Waals surface area contributed by atoms with Crippen molar-refractivity contribution in [3.63, 3.8) is 0 Å². The summed E-state index contributed by atoms with van der Waals surface area (Å²) in [6.07, 6.45) is 1.26. The van der Waals surface area contributed by atoms with Gasteiger partial charge in [0.05, 0.1) is 10.7 Å². The molecule has 4 heteroatoms. The molecule has 1 N–H and O–H groups in total. The number of aromatic nitrogens is 1. The van der Waals surface area contributed by atoms with Gasteiger partial charge in [-0.05, 0) is 20.0 Å². The van der Waals surface area contributed by atoms with Crippen LogP contribution in [0.2, 0.25) is 0 Å². The minimum Gasteiger partial charge on any atom is -0.307 e. The van der Waals surface area contributed by atoms with Crippen LogP contribution in [-0.4, -0.2) is 36.1 Å². The van der Waals surface area contributed by atoms with Crippen LogP contribution >= 0.6 is 11.3 Å². The van der Waals surface area contributed by atoms with E-state index in [0.29, 0.717) is 6.04 Å². The Balaban J connectivity index is 1.85. The average Bonchev–Trinajstić information content (AvgIpc) is 2.82. The van der Waals surface area contributed by atoms with Crippen molar-refractivity contribution in [2.75, 3.05) is 20.1 Å². The van der Waals surface area contributed by atoms with E-state index in [-0.39, 0.29) is 5.41 Å². The fourth-order valence-electron chi connectivity index (χ4n) is 2.08. The quantitative estimate of drug-likeness (QED) is 0.895. The summed E-state index contributed by atoms with van der Waals surface area (Å²) in [5.74, 6) is 0. The number of likely N-dealkylation sites (tertiary alicyclic amines) is 1. The summed E-state index contributed by atoms with van der Waals surface area (Å²) in [4.78, 5) is 7.08. The van der Waals surface area contributed by atoms with Gasteiger partial charge in [-0.25, -0.2) is 4.98 Å². The van der Waals surface area contributed by atoms with Gasteiger partial charge in [-0.1, -0.05) is 20.8 Å². The maximum atomic E-state index is 4.70. The number of hydrogen-bond donors (Lipinski definition) is 1. The predicted molar refractivity (Wildman–Crippen MR) is 73.6 cm³/mol. The second-order valence-corrected chi connectivity index (χ2v) is 6.88. The average molecular weight is 253 g/mol. The lowest BCUT2D eigenvalue weighted by Gasteiger charge is -2.14. The minimum absolute atomic E-state index is 0.177. The second-order valence-electron chi connectivity index (χ2n) is 6.02. The van der Waals surface area contributed by atoms with E-state index in [1.807, 2.05) is 0 Å². The molecular weight excluding hydrogens is 230 g/mol. The van der Waals surface area contributed by atoms with E-state index in [2.05, 4.69) is 43.4 Å². The summed E-state index contributed by atoms with van der Waals surface area (Å²) in [5, 5.41) is 7.02. The van der Waals surface area contributed by atoms with Crippen molar-refractivity contribution in [2.45, 2.75) is 45.2 Å². The topological polar surface area (TPSA) is 28.2 Å². The molecule has 1 aliphatic rings. The summed E-state index contributed by atoms with van der Waals surface area (Å²) in [5.41, 5.74) is 1.37. The van der Waals surface area contributed by atoms with Crippen molar-refractivity contribution >= 4 is 11.3 Å². The SMILES string of the molecule is CN1CCC(NCc2csc(C(C)(C)C)n2)C1. The third kappa shape index (κ3) is 3.50. The van der Waals surface area contributed by atoms with E-state index in [9.17, 15) is 0 Å². The number of nitrogens with one attached hydrogen (secondary N) is 1. The van der Waals surface area contributed by atoms with Gasteiger partial charge < -0.3 is 10.2 Å². The standard InChI is InChI=1S/C13H23N3S/c1-13(2,3)12-15-11(9-17-12)7-14-10-5-6-16(4)8-10/h9-10,14H,5-8H2,1-4H3. The Morgan fingerprint density at radius 1 is 1.53 bits per heavy atom. The van der Waals surface area contributed by atoms with Gasteiger partial charge in [0, 0.05) is 29.9 Å².